The Kier molecular flexibility index (Phi) is 10.4. The molecule has 42 aliphatic carbocycles. The molecule has 0 aromatic rings. The van der Waals surface area contributed by atoms with E-state index in [-0.39, 0.29) is 0 Å². The van der Waals surface area contributed by atoms with Gasteiger partial charge in [0.25, 0.3) is 0 Å². The molecule has 42 rings (SSSR count). The monoisotopic (exact) mass is 1250 g/mol. The number of hydrogen-bond acceptors (Lipinski definition) is 0. The minimum atomic E-state index is 1.00. The SMILES string of the molecule is C12C3C4C1C1C2C3C41.C1C2C3C2C2C1C3C1C3CC4C1C4C32.C1C2CC3C1C(C2)C1CC2CC1C3C2.C1C2CC3CC1C1CC2CC3C1.C1C2CC3CC1CC3C2.C1CC2CC1C1C2C2C3CCC(C3)C12.C1CC2CC3CC1CC(C2)C3.C1CC2CC3CCC4CC1C423. The standard InChI is InChI=1S/C14H16.2C14H20.C12H18.C11H16.C11H18.C9H14.C8H8/c1-3-7-8(3)12-5(1)11(7)13-6-2-4-9(13)10(4)14(6)12;1-7-2-11-12-4-8-3-10(14(12)6-8)9(1)13(11)5-7;1-2-8-5-7(1)11-12(8)14-10-4-3-9(6-10)13(11)14;1-7-2-11-3-8(1)10-4-9(7)5-12(11)6-10;1-2-8-6-10-4-3-9-5-7(1)11(8,9)10;1-2-9-5-10-3-8(1)4-11(6-9)7-10;1-6-2-8-4-7(1)5-9(8)3-6;1-2-5-3(1)7-4(1)6(2)8(5)7/h3-14H,1-2H2;2*7-14H,1-6H2;7-12H,1-6H2;7-10H,1-6H2;8-11H,1-7H2;6-9H,1-5H2;1-8H. The van der Waals surface area contributed by atoms with Gasteiger partial charge in [0.2, 0.25) is 0 Å². The summed E-state index contributed by atoms with van der Waals surface area (Å²) < 4.78 is 0. The van der Waals surface area contributed by atoms with Gasteiger partial charge in [0.1, 0.15) is 0 Å². The van der Waals surface area contributed by atoms with Crippen LogP contribution < -0.4 is 0 Å². The Bertz CT molecular complexity index is 2670. The smallest absolute Gasteiger partial charge is 0.0184 e. The molecule has 8 atom stereocenters. The van der Waals surface area contributed by atoms with Gasteiger partial charge in [0.05, 0.1) is 0 Å². The molecule has 502 valence electrons. The van der Waals surface area contributed by atoms with E-state index in [1.807, 2.05) is 0 Å². The van der Waals surface area contributed by atoms with Gasteiger partial charge >= 0.3 is 0 Å². The third kappa shape index (κ3) is 6.41. The molecule has 42 saturated carbocycles. The Morgan fingerprint density at radius 3 is 0.570 bits per heavy atom. The summed E-state index contributed by atoms with van der Waals surface area (Å²) in [5, 5.41) is 0. The summed E-state index contributed by atoms with van der Waals surface area (Å²) in [5.74, 6) is 67.4. The Morgan fingerprint density at radius 2 is 0.333 bits per heavy atom. The highest BCUT2D eigenvalue weighted by Crippen LogP contribution is 3.01. The lowest BCUT2D eigenvalue weighted by Gasteiger charge is -3.03. The lowest BCUT2D eigenvalue weighted by molar-refractivity contribution is -0.565. The van der Waals surface area contributed by atoms with Crippen molar-refractivity contribution >= 4 is 0 Å². The average molecular weight is 1250 g/mol. The third-order valence-electron chi connectivity index (χ3n) is 47.1. The van der Waals surface area contributed by atoms with Crippen LogP contribution in [0, 0.1) is 325 Å². The van der Waals surface area contributed by atoms with Gasteiger partial charge in [-0.25, -0.2) is 0 Å². The van der Waals surface area contributed by atoms with Gasteiger partial charge < -0.3 is 0 Å². The van der Waals surface area contributed by atoms with Crippen molar-refractivity contribution in [3.05, 3.63) is 0 Å². The fourth-order valence-corrected chi connectivity index (χ4v) is 46.3. The second kappa shape index (κ2) is 18.0. The van der Waals surface area contributed by atoms with Crippen LogP contribution in [0.4, 0.5) is 0 Å². The average Bonchev–Trinajstić information content (AvgIpc) is 1.54. The first-order valence-electron chi connectivity index (χ1n) is 45.9. The molecule has 0 nitrogen and oxygen atoms in total. The van der Waals surface area contributed by atoms with E-state index in [0.29, 0.717) is 0 Å². The van der Waals surface area contributed by atoms with E-state index in [4.69, 9.17) is 0 Å². The minimum absolute atomic E-state index is 1.00. The highest BCUT2D eigenvalue weighted by atomic mass is 15.0. The van der Waals surface area contributed by atoms with Crippen LogP contribution in [0.3, 0.4) is 0 Å². The molecule has 0 N–H and O–H groups in total. The summed E-state index contributed by atoms with van der Waals surface area (Å²) in [6.07, 6.45) is 61.9. The molecule has 0 heteroatoms. The Labute approximate surface area is 565 Å². The summed E-state index contributed by atoms with van der Waals surface area (Å²) in [6, 6.07) is 0. The normalized spacial score (nSPS) is 74.6. The van der Waals surface area contributed by atoms with Crippen molar-refractivity contribution in [1.82, 2.24) is 0 Å². The van der Waals surface area contributed by atoms with Gasteiger partial charge in [-0.15, -0.1) is 0 Å². The molecule has 1 spiro atoms. The third-order valence-corrected chi connectivity index (χ3v) is 47.1. The Morgan fingerprint density at radius 1 is 0.118 bits per heavy atom. The summed E-state index contributed by atoms with van der Waals surface area (Å²) in [4.78, 5) is 0. The van der Waals surface area contributed by atoms with Crippen LogP contribution >= 0.6 is 0 Å². The highest BCUT2D eigenvalue weighted by Gasteiger charge is 2.98. The van der Waals surface area contributed by atoms with Gasteiger partial charge in [0.15, 0.2) is 0 Å². The molecular weight excluding hydrogens is 1120 g/mol. The lowest BCUT2D eigenvalue weighted by Crippen LogP contribution is -3.00. The van der Waals surface area contributed by atoms with Crippen molar-refractivity contribution in [3.8, 4) is 0 Å². The van der Waals surface area contributed by atoms with Gasteiger partial charge in [-0.2, -0.15) is 0 Å². The summed E-state index contributed by atoms with van der Waals surface area (Å²) in [5.41, 5.74) is 1.00. The number of rotatable bonds is 0. The fourth-order valence-electron chi connectivity index (χ4n) is 46.3. The van der Waals surface area contributed by atoms with Crippen LogP contribution in [0.5, 0.6) is 0 Å². The molecule has 8 unspecified atom stereocenters. The van der Waals surface area contributed by atoms with Gasteiger partial charge in [-0.3, -0.25) is 0 Å². The van der Waals surface area contributed by atoms with Gasteiger partial charge in [0, 0.05) is 0 Å². The Balaban J connectivity index is 0.0000000603. The van der Waals surface area contributed by atoms with E-state index >= 15 is 0 Å². The minimum Gasteiger partial charge on any atom is -0.0502 e. The maximum absolute atomic E-state index is 1.70. The quantitative estimate of drug-likeness (QED) is 0.227. The zero-order valence-electron chi connectivity index (χ0n) is 58.5. The predicted octanol–water partition coefficient (Wildman–Crippen LogP) is 21.5. The first-order chi connectivity index (χ1) is 45.9. The van der Waals surface area contributed by atoms with Crippen LogP contribution in [0.1, 0.15) is 244 Å². The van der Waals surface area contributed by atoms with Gasteiger partial charge in [-0.1, -0.05) is 12.8 Å². The zero-order chi connectivity index (χ0) is 58.5. The molecule has 0 aromatic heterocycles. The van der Waals surface area contributed by atoms with E-state index in [2.05, 4.69) is 0 Å². The van der Waals surface area contributed by atoms with Crippen molar-refractivity contribution < 1.29 is 0 Å². The van der Waals surface area contributed by atoms with Crippen LogP contribution in [-0.4, -0.2) is 0 Å². The molecular formula is C93H130. The summed E-state index contributed by atoms with van der Waals surface area (Å²) in [6.45, 7) is 0. The topological polar surface area (TPSA) is 0 Å². The van der Waals surface area contributed by atoms with Crippen LogP contribution in [0.15, 0.2) is 0 Å². The van der Waals surface area contributed by atoms with E-state index in [0.717, 1.165) is 17.3 Å². The van der Waals surface area contributed by atoms with Crippen molar-refractivity contribution in [1.29, 1.82) is 0 Å². The second-order valence-corrected chi connectivity index (χ2v) is 47.5. The summed E-state index contributed by atoms with van der Waals surface area (Å²) in [7, 11) is 0. The first kappa shape index (κ1) is 53.8. The highest BCUT2D eigenvalue weighted by molar-refractivity contribution is 5.44. The maximum Gasteiger partial charge on any atom is -0.0184 e. The first-order valence-corrected chi connectivity index (χ1v) is 45.9. The second-order valence-electron chi connectivity index (χ2n) is 47.5. The Hall–Kier alpha value is 0. The molecule has 42 aliphatic rings. The van der Waals surface area contributed by atoms with E-state index < -0.39 is 0 Å². The number of hydrogen-bond donors (Lipinski definition) is 0. The predicted molar refractivity (Wildman–Crippen MR) is 366 cm³/mol. The molecule has 0 heterocycles. The fraction of sp³-hybridized carbons (Fsp3) is 1.00. The molecule has 42 fully saturated rings. The van der Waals surface area contributed by atoms with Crippen LogP contribution in [0.2, 0.25) is 0 Å². The molecule has 0 aromatic carbocycles. The van der Waals surface area contributed by atoms with Crippen LogP contribution in [0.25, 0.3) is 0 Å². The van der Waals surface area contributed by atoms with E-state index in [1.165, 1.54) is 308 Å². The van der Waals surface area contributed by atoms with Crippen molar-refractivity contribution in [3.63, 3.8) is 0 Å². The maximum atomic E-state index is 1.70. The lowest BCUT2D eigenvalue weighted by atomic mass is 9.01. The van der Waals surface area contributed by atoms with Crippen LogP contribution in [-0.2, 0) is 0 Å². The van der Waals surface area contributed by atoms with E-state index in [1.54, 1.807) is 244 Å². The molecule has 93 heavy (non-hydrogen) atoms. The molecule has 0 aliphatic heterocycles. The molecule has 34 bridgehead atoms. The van der Waals surface area contributed by atoms with Crippen molar-refractivity contribution in [2.75, 3.05) is 0 Å². The summed E-state index contributed by atoms with van der Waals surface area (Å²) >= 11 is 0. The molecule has 0 saturated heterocycles. The van der Waals surface area contributed by atoms with E-state index in [9.17, 15) is 0 Å². The molecule has 0 amide bonds. The zero-order valence-corrected chi connectivity index (χ0v) is 58.5. The van der Waals surface area contributed by atoms with Gasteiger partial charge in [-0.05, 0) is 556 Å². The van der Waals surface area contributed by atoms with Crippen molar-refractivity contribution in [2.45, 2.75) is 244 Å². The molecule has 0 radical (unpaired) electrons. The number of fused-ring (bicyclic) bond motifs is 17. The largest absolute Gasteiger partial charge is 0.0502 e. The van der Waals surface area contributed by atoms with Crippen molar-refractivity contribution in [2.24, 2.45) is 325 Å².